The molecule has 0 saturated carbocycles. The van der Waals surface area contributed by atoms with Crippen LogP contribution in [0.5, 0.6) is 0 Å². The second-order valence-corrected chi connectivity index (χ2v) is 5.89. The van der Waals surface area contributed by atoms with Crippen LogP contribution in [0.4, 0.5) is 8.78 Å². The van der Waals surface area contributed by atoms with Crippen LogP contribution in [0.3, 0.4) is 0 Å². The first-order valence-electron chi connectivity index (χ1n) is 8.07. The summed E-state index contributed by atoms with van der Waals surface area (Å²) in [5.41, 5.74) is 0.990. The Morgan fingerprint density at radius 3 is 2.35 bits per heavy atom. The summed E-state index contributed by atoms with van der Waals surface area (Å²) in [6.45, 7) is -0.0734. The second kappa shape index (κ2) is 7.90. The van der Waals surface area contributed by atoms with E-state index in [1.54, 1.807) is 18.2 Å². The van der Waals surface area contributed by atoms with Crippen LogP contribution in [0, 0.1) is 0 Å². The first-order chi connectivity index (χ1) is 12.5. The summed E-state index contributed by atoms with van der Waals surface area (Å²) in [4.78, 5) is 12.1. The van der Waals surface area contributed by atoms with Crippen LogP contribution in [0.1, 0.15) is 15.9 Å². The van der Waals surface area contributed by atoms with Gasteiger partial charge in [-0.05, 0) is 17.7 Å². The molecular formula is C19H18F2O5. The fraction of sp³-hybridized carbons (Fsp3) is 0.316. The maximum absolute atomic E-state index is 14.2. The van der Waals surface area contributed by atoms with E-state index in [0.29, 0.717) is 0 Å². The van der Waals surface area contributed by atoms with Crippen LogP contribution >= 0.6 is 0 Å². The zero-order chi connectivity index (χ0) is 18.6. The summed E-state index contributed by atoms with van der Waals surface area (Å²) >= 11 is 0. The molecule has 1 aliphatic heterocycles. The van der Waals surface area contributed by atoms with E-state index in [1.165, 1.54) is 12.1 Å². The van der Waals surface area contributed by atoms with Gasteiger partial charge in [-0.3, -0.25) is 0 Å². The third-order valence-electron chi connectivity index (χ3n) is 3.99. The highest BCUT2D eigenvalue weighted by Gasteiger charge is 2.61. The molecule has 1 heterocycles. The van der Waals surface area contributed by atoms with Crippen LogP contribution in [-0.2, 0) is 20.8 Å². The van der Waals surface area contributed by atoms with Crippen LogP contribution in [0.15, 0.2) is 60.7 Å². The molecule has 3 rings (SSSR count). The van der Waals surface area contributed by atoms with Crippen molar-refractivity contribution in [2.75, 3.05) is 6.61 Å². The lowest BCUT2D eigenvalue weighted by molar-refractivity contribution is -0.199. The largest absolute Gasteiger partial charge is 0.449 e. The van der Waals surface area contributed by atoms with Crippen molar-refractivity contribution in [3.8, 4) is 0 Å². The third kappa shape index (κ3) is 4.07. The van der Waals surface area contributed by atoms with Crippen molar-refractivity contribution < 1.29 is 32.9 Å². The Kier molecular flexibility index (Phi) is 5.61. The number of hydrogen-bond donors (Lipinski definition) is 1. The van der Waals surface area contributed by atoms with Gasteiger partial charge in [0.05, 0.1) is 18.8 Å². The van der Waals surface area contributed by atoms with E-state index in [0.717, 1.165) is 5.56 Å². The number of carbonyl (C=O) groups excluding carboxylic acids is 1. The molecule has 0 spiro atoms. The zero-order valence-corrected chi connectivity index (χ0v) is 13.8. The summed E-state index contributed by atoms with van der Waals surface area (Å²) in [6, 6.07) is 16.9. The molecule has 1 fully saturated rings. The van der Waals surface area contributed by atoms with Gasteiger partial charge in [0, 0.05) is 0 Å². The molecule has 1 N–H and O–H groups in total. The number of ether oxygens (including phenoxy) is 3. The molecule has 0 aliphatic carbocycles. The van der Waals surface area contributed by atoms with Crippen LogP contribution in [0.2, 0.25) is 0 Å². The van der Waals surface area contributed by atoms with Crippen LogP contribution < -0.4 is 0 Å². The molecule has 2 aromatic rings. The molecule has 1 aliphatic rings. The standard InChI is InChI=1S/C19H18F2O5/c20-19(21)16(26-17(22)14-9-5-2-6-10-14)15(25-18(19)23)12-24-11-13-7-3-1-4-8-13/h1-10,15-16,18,23H,11-12H2/t15-,16-,18+/m1/s1. The van der Waals surface area contributed by atoms with E-state index in [1.807, 2.05) is 30.3 Å². The predicted octanol–water partition coefficient (Wildman–Crippen LogP) is 2.78. The van der Waals surface area contributed by atoms with E-state index >= 15 is 0 Å². The van der Waals surface area contributed by atoms with Gasteiger partial charge in [-0.25, -0.2) is 4.79 Å². The molecule has 0 radical (unpaired) electrons. The number of benzene rings is 2. The van der Waals surface area contributed by atoms with Crippen molar-refractivity contribution in [1.29, 1.82) is 0 Å². The Morgan fingerprint density at radius 2 is 1.69 bits per heavy atom. The number of aliphatic hydroxyl groups excluding tert-OH is 1. The number of carbonyl (C=O) groups is 1. The fourth-order valence-corrected chi connectivity index (χ4v) is 2.62. The minimum Gasteiger partial charge on any atom is -0.449 e. The van der Waals surface area contributed by atoms with Crippen molar-refractivity contribution >= 4 is 5.97 Å². The van der Waals surface area contributed by atoms with Crippen molar-refractivity contribution in [3.63, 3.8) is 0 Å². The highest BCUT2D eigenvalue weighted by molar-refractivity contribution is 5.89. The molecule has 3 atom stereocenters. The van der Waals surface area contributed by atoms with Gasteiger partial charge in [-0.15, -0.1) is 0 Å². The smallest absolute Gasteiger partial charge is 0.338 e. The van der Waals surface area contributed by atoms with E-state index in [9.17, 15) is 18.7 Å². The van der Waals surface area contributed by atoms with Gasteiger partial charge in [0.1, 0.15) is 6.10 Å². The molecular weight excluding hydrogens is 346 g/mol. The highest BCUT2D eigenvalue weighted by atomic mass is 19.3. The van der Waals surface area contributed by atoms with Gasteiger partial charge in [0.15, 0.2) is 6.10 Å². The molecule has 1 saturated heterocycles. The van der Waals surface area contributed by atoms with Crippen LogP contribution in [-0.4, -0.2) is 42.1 Å². The predicted molar refractivity (Wildman–Crippen MR) is 87.6 cm³/mol. The number of esters is 1. The maximum atomic E-state index is 14.2. The molecule has 7 heteroatoms. The van der Waals surface area contributed by atoms with E-state index in [-0.39, 0.29) is 18.8 Å². The van der Waals surface area contributed by atoms with Gasteiger partial charge in [-0.1, -0.05) is 48.5 Å². The number of aliphatic hydroxyl groups is 1. The molecule has 0 aromatic heterocycles. The van der Waals surface area contributed by atoms with E-state index < -0.39 is 30.4 Å². The average Bonchev–Trinajstić information content (AvgIpc) is 2.86. The molecule has 0 bridgehead atoms. The average molecular weight is 364 g/mol. The van der Waals surface area contributed by atoms with Crippen molar-refractivity contribution in [2.24, 2.45) is 0 Å². The number of alkyl halides is 2. The minimum atomic E-state index is -3.73. The number of rotatable bonds is 6. The lowest BCUT2D eigenvalue weighted by Crippen LogP contribution is -2.44. The Bertz CT molecular complexity index is 723. The Morgan fingerprint density at radius 1 is 1.08 bits per heavy atom. The van der Waals surface area contributed by atoms with Crippen molar-refractivity contribution in [1.82, 2.24) is 0 Å². The molecule has 0 unspecified atom stereocenters. The first-order valence-corrected chi connectivity index (χ1v) is 8.07. The summed E-state index contributed by atoms with van der Waals surface area (Å²) in [5.74, 6) is -4.65. The summed E-state index contributed by atoms with van der Waals surface area (Å²) in [6.07, 6.45) is -5.58. The van der Waals surface area contributed by atoms with Crippen molar-refractivity contribution in [2.45, 2.75) is 31.0 Å². The Labute approximate surface area is 149 Å². The van der Waals surface area contributed by atoms with Crippen LogP contribution in [0.25, 0.3) is 0 Å². The van der Waals surface area contributed by atoms with Gasteiger partial charge in [0.2, 0.25) is 6.29 Å². The van der Waals surface area contributed by atoms with Gasteiger partial charge in [-0.2, -0.15) is 8.78 Å². The second-order valence-electron chi connectivity index (χ2n) is 5.89. The highest BCUT2D eigenvalue weighted by Crippen LogP contribution is 2.37. The summed E-state index contributed by atoms with van der Waals surface area (Å²) < 4.78 is 43.6. The van der Waals surface area contributed by atoms with Gasteiger partial charge < -0.3 is 19.3 Å². The molecule has 2 aromatic carbocycles. The monoisotopic (exact) mass is 364 g/mol. The normalized spacial score (nSPS) is 24.3. The SMILES string of the molecule is O=C(O[C@@H]1[C@@H](COCc2ccccc2)O[C@H](O)C1(F)F)c1ccccc1. The zero-order valence-electron chi connectivity index (χ0n) is 13.8. The summed E-state index contributed by atoms with van der Waals surface area (Å²) in [5, 5.41) is 9.48. The Hall–Kier alpha value is -2.35. The van der Waals surface area contributed by atoms with E-state index in [2.05, 4.69) is 0 Å². The van der Waals surface area contributed by atoms with Gasteiger partial charge >= 0.3 is 11.9 Å². The van der Waals surface area contributed by atoms with Gasteiger partial charge in [0.25, 0.3) is 0 Å². The minimum absolute atomic E-state index is 0.133. The number of halogens is 2. The molecule has 138 valence electrons. The third-order valence-corrected chi connectivity index (χ3v) is 3.99. The van der Waals surface area contributed by atoms with Crippen molar-refractivity contribution in [3.05, 3.63) is 71.8 Å². The topological polar surface area (TPSA) is 65.0 Å². The molecule has 26 heavy (non-hydrogen) atoms. The number of hydrogen-bond acceptors (Lipinski definition) is 5. The molecule has 0 amide bonds. The quantitative estimate of drug-likeness (QED) is 0.799. The summed E-state index contributed by atoms with van der Waals surface area (Å²) in [7, 11) is 0. The lowest BCUT2D eigenvalue weighted by atomic mass is 10.1. The van der Waals surface area contributed by atoms with E-state index in [4.69, 9.17) is 14.2 Å². The fourth-order valence-electron chi connectivity index (χ4n) is 2.62. The molecule has 5 nitrogen and oxygen atoms in total. The maximum Gasteiger partial charge on any atom is 0.338 e. The first kappa shape index (κ1) is 18.4. The Balaban J connectivity index is 1.64. The lowest BCUT2D eigenvalue weighted by Gasteiger charge is -2.22.